The number of nitrogens with zero attached hydrogens (tertiary/aromatic N) is 2. The van der Waals surface area contributed by atoms with E-state index in [4.69, 9.17) is 4.74 Å². The molecule has 144 valence electrons. The fourth-order valence-electron chi connectivity index (χ4n) is 1.96. The zero-order valence-corrected chi connectivity index (χ0v) is 17.1. The number of aliphatic hydroxyl groups excluding tert-OH is 1. The first kappa shape index (κ1) is 22.3. The molecule has 26 heavy (non-hydrogen) atoms. The summed E-state index contributed by atoms with van der Waals surface area (Å²) in [6.45, 7) is 9.43. The molecular formula is C17H25N3O4S2. The summed E-state index contributed by atoms with van der Waals surface area (Å²) in [5.41, 5.74) is -0.193. The highest BCUT2D eigenvalue weighted by Crippen LogP contribution is 2.32. The summed E-state index contributed by atoms with van der Waals surface area (Å²) >= 11 is 2.86. The fraction of sp³-hybridized carbons (Fsp3) is 0.529. The van der Waals surface area contributed by atoms with Crippen LogP contribution >= 0.6 is 23.1 Å². The molecule has 2 heterocycles. The number of hydrogen-bond donors (Lipinski definition) is 2. The molecule has 0 fully saturated rings. The second-order valence-electron chi connectivity index (χ2n) is 5.38. The quantitative estimate of drug-likeness (QED) is 0.538. The van der Waals surface area contributed by atoms with Gasteiger partial charge in [0.1, 0.15) is 15.7 Å². The van der Waals surface area contributed by atoms with Crippen molar-refractivity contribution in [2.75, 3.05) is 12.9 Å². The van der Waals surface area contributed by atoms with Gasteiger partial charge in [-0.05, 0) is 6.92 Å². The van der Waals surface area contributed by atoms with E-state index in [0.29, 0.717) is 16.5 Å². The van der Waals surface area contributed by atoms with E-state index in [0.717, 1.165) is 5.01 Å². The van der Waals surface area contributed by atoms with Crippen LogP contribution in [0.5, 0.6) is 0 Å². The van der Waals surface area contributed by atoms with E-state index in [1.54, 1.807) is 6.92 Å². The lowest BCUT2D eigenvalue weighted by Crippen LogP contribution is -2.34. The number of carbonyl (C=O) groups excluding carboxylic acids is 2. The molecule has 1 amide bonds. The van der Waals surface area contributed by atoms with Crippen molar-refractivity contribution in [2.24, 2.45) is 4.99 Å². The lowest BCUT2D eigenvalue weighted by Gasteiger charge is -2.15. The Bertz CT molecular complexity index is 675. The Labute approximate surface area is 162 Å². The largest absolute Gasteiger partial charge is 0.467 e. The van der Waals surface area contributed by atoms with E-state index in [-0.39, 0.29) is 24.8 Å². The summed E-state index contributed by atoms with van der Waals surface area (Å²) < 4.78 is 4.78. The minimum Gasteiger partial charge on any atom is -0.467 e. The van der Waals surface area contributed by atoms with Crippen LogP contribution < -0.4 is 5.32 Å². The van der Waals surface area contributed by atoms with Crippen LogP contribution in [0.3, 0.4) is 0 Å². The van der Waals surface area contributed by atoms with E-state index >= 15 is 0 Å². The number of thiazole rings is 1. The van der Waals surface area contributed by atoms with Gasteiger partial charge in [-0.15, -0.1) is 29.7 Å². The number of amides is 1. The topological polar surface area (TPSA) is 101 Å². The highest BCUT2D eigenvalue weighted by Gasteiger charge is 2.40. The van der Waals surface area contributed by atoms with Crippen molar-refractivity contribution in [1.82, 2.24) is 10.3 Å². The lowest BCUT2D eigenvalue weighted by molar-refractivity contribution is -0.145. The van der Waals surface area contributed by atoms with Crippen LogP contribution in [0.2, 0.25) is 0 Å². The molecule has 9 heteroatoms. The molecule has 0 saturated carbocycles. The number of thioether (sulfide) groups is 1. The van der Waals surface area contributed by atoms with Gasteiger partial charge in [0.05, 0.1) is 26.2 Å². The Morgan fingerprint density at radius 2 is 2.23 bits per heavy atom. The highest BCUT2D eigenvalue weighted by atomic mass is 32.2. The molecule has 0 radical (unpaired) electrons. The summed E-state index contributed by atoms with van der Waals surface area (Å²) in [6, 6.07) is 0. The molecule has 1 aliphatic heterocycles. The zero-order chi connectivity index (χ0) is 19.7. The first-order valence-electron chi connectivity index (χ1n) is 8.21. The van der Waals surface area contributed by atoms with Gasteiger partial charge in [0.25, 0.3) is 0 Å². The number of carbonyl (C=O) groups is 2. The molecule has 1 aliphatic rings. The van der Waals surface area contributed by atoms with Crippen molar-refractivity contribution in [3.05, 3.63) is 28.7 Å². The van der Waals surface area contributed by atoms with Gasteiger partial charge >= 0.3 is 5.97 Å². The van der Waals surface area contributed by atoms with Gasteiger partial charge in [-0.2, -0.15) is 0 Å². The van der Waals surface area contributed by atoms with Crippen LogP contribution in [0.1, 0.15) is 37.9 Å². The lowest BCUT2D eigenvalue weighted by atomic mass is 10.1. The molecule has 1 aromatic heterocycles. The smallest absolute Gasteiger partial charge is 0.334 e. The third kappa shape index (κ3) is 5.93. The van der Waals surface area contributed by atoms with E-state index in [2.05, 4.69) is 21.9 Å². The Morgan fingerprint density at radius 3 is 2.85 bits per heavy atom. The molecule has 2 atom stereocenters. The maximum Gasteiger partial charge on any atom is 0.334 e. The summed E-state index contributed by atoms with van der Waals surface area (Å²) in [7, 11) is 1.35. The van der Waals surface area contributed by atoms with Crippen molar-refractivity contribution in [3.8, 4) is 0 Å². The van der Waals surface area contributed by atoms with Crippen LogP contribution in [-0.2, 0) is 20.9 Å². The number of hydrogen-bond acceptors (Lipinski definition) is 8. The van der Waals surface area contributed by atoms with Gasteiger partial charge in [-0.1, -0.05) is 19.9 Å². The number of aliphatic imine (C=N–C) groups is 1. The molecule has 2 rings (SSSR count). The molecule has 0 spiro atoms. The predicted octanol–water partition coefficient (Wildman–Crippen LogP) is 2.15. The number of nitrogens with one attached hydrogen (secondary N) is 1. The summed E-state index contributed by atoms with van der Waals surface area (Å²) in [6.07, 6.45) is 0.438. The van der Waals surface area contributed by atoms with Crippen LogP contribution in [0, 0.1) is 0 Å². The van der Waals surface area contributed by atoms with E-state index in [1.165, 1.54) is 36.3 Å². The average molecular weight is 400 g/mol. The Morgan fingerprint density at radius 1 is 1.54 bits per heavy atom. The molecule has 1 aromatic rings. The average Bonchev–Trinajstić information content (AvgIpc) is 3.28. The van der Waals surface area contributed by atoms with Gasteiger partial charge < -0.3 is 15.2 Å². The minimum absolute atomic E-state index is 0.0260. The Hall–Kier alpha value is -1.71. The van der Waals surface area contributed by atoms with Gasteiger partial charge in [-0.3, -0.25) is 9.79 Å². The van der Waals surface area contributed by atoms with Gasteiger partial charge in [-0.25, -0.2) is 9.78 Å². The number of rotatable bonds is 7. The molecule has 0 saturated heterocycles. The molecule has 2 N–H and O–H groups in total. The van der Waals surface area contributed by atoms with Crippen molar-refractivity contribution in [1.29, 1.82) is 0 Å². The van der Waals surface area contributed by atoms with E-state index in [1.807, 2.05) is 19.2 Å². The van der Waals surface area contributed by atoms with Crippen LogP contribution in [0.4, 0.5) is 0 Å². The SMILES string of the molecule is C=CC(O)CC(=O)NCc1nc(C2=N[C@](C)(C(=O)OC)CS2)cs1.CC. The van der Waals surface area contributed by atoms with Crippen molar-refractivity contribution in [3.63, 3.8) is 0 Å². The van der Waals surface area contributed by atoms with Gasteiger partial charge in [0.2, 0.25) is 5.91 Å². The molecule has 0 bridgehead atoms. The number of aromatic nitrogens is 1. The first-order chi connectivity index (χ1) is 12.4. The van der Waals surface area contributed by atoms with Crippen molar-refractivity contribution >= 4 is 40.0 Å². The van der Waals surface area contributed by atoms with E-state index in [9.17, 15) is 14.7 Å². The second-order valence-corrected chi connectivity index (χ2v) is 7.29. The molecule has 7 nitrogen and oxygen atoms in total. The molecule has 0 aromatic carbocycles. The summed E-state index contributed by atoms with van der Waals surface area (Å²) in [5, 5.41) is 15.3. The fourth-order valence-corrected chi connectivity index (χ4v) is 3.87. The van der Waals surface area contributed by atoms with Crippen molar-refractivity contribution < 1.29 is 19.4 Å². The van der Waals surface area contributed by atoms with Crippen LogP contribution in [0.25, 0.3) is 0 Å². The highest BCUT2D eigenvalue weighted by molar-refractivity contribution is 8.14. The number of ether oxygens (including phenoxy) is 1. The van der Waals surface area contributed by atoms with Gasteiger partial charge in [0.15, 0.2) is 5.54 Å². The molecule has 0 aliphatic carbocycles. The number of esters is 1. The molecule has 1 unspecified atom stereocenters. The number of aliphatic hydroxyl groups is 1. The minimum atomic E-state index is -0.881. The first-order valence-corrected chi connectivity index (χ1v) is 10.1. The van der Waals surface area contributed by atoms with E-state index < -0.39 is 11.6 Å². The monoisotopic (exact) mass is 399 g/mol. The number of methoxy groups -OCH3 is 1. The zero-order valence-electron chi connectivity index (χ0n) is 15.4. The van der Waals surface area contributed by atoms with Crippen molar-refractivity contribution in [2.45, 2.75) is 45.4 Å². The summed E-state index contributed by atoms with van der Waals surface area (Å²) in [4.78, 5) is 32.3. The third-order valence-corrected chi connectivity index (χ3v) is 5.47. The van der Waals surface area contributed by atoms with Gasteiger partial charge in [0, 0.05) is 11.1 Å². The Balaban J connectivity index is 0.00000163. The normalized spacial score (nSPS) is 19.7. The second kappa shape index (κ2) is 10.4. The molecular weight excluding hydrogens is 374 g/mol. The Kier molecular flexibility index (Phi) is 8.97. The maximum absolute atomic E-state index is 11.8. The summed E-state index contributed by atoms with van der Waals surface area (Å²) in [5.74, 6) is -0.128. The third-order valence-electron chi connectivity index (χ3n) is 3.34. The standard InChI is InChI=1S/C15H19N3O4S2.C2H6/c1-4-9(19)5-11(20)16-6-12-17-10(7-23-12)13-18-15(2,8-24-13)14(21)22-3;1-2/h4,7,9,19H,1,5-6,8H2,2-3H3,(H,16,20);1-2H3/t9?,15-;/m0./s1. The predicted molar refractivity (Wildman–Crippen MR) is 106 cm³/mol. The maximum atomic E-state index is 11.8. The van der Waals surface area contributed by atoms with Crippen LogP contribution in [0.15, 0.2) is 23.0 Å². The van der Waals surface area contributed by atoms with Crippen LogP contribution in [-0.4, -0.2) is 51.5 Å².